The van der Waals surface area contributed by atoms with Crippen LogP contribution in [0.5, 0.6) is 0 Å². The molecule has 0 atom stereocenters. The predicted molar refractivity (Wildman–Crippen MR) is 77.5 cm³/mol. The van der Waals surface area contributed by atoms with E-state index in [1.807, 2.05) is 0 Å². The Morgan fingerprint density at radius 3 is 3.00 bits per heavy atom. The average molecular weight is 264 g/mol. The molecule has 1 aromatic carbocycles. The minimum atomic E-state index is 0.337. The summed E-state index contributed by atoms with van der Waals surface area (Å²) in [6, 6.07) is 10.7. The fourth-order valence-electron chi connectivity index (χ4n) is 2.75. The highest BCUT2D eigenvalue weighted by Gasteiger charge is 2.23. The number of fused-ring (bicyclic) bond motifs is 1. The predicted octanol–water partition coefficient (Wildman–Crippen LogP) is 2.36. The van der Waals surface area contributed by atoms with E-state index in [1.54, 1.807) is 6.20 Å². The number of nitrogens with zero attached hydrogens (tertiary/aromatic N) is 3. The summed E-state index contributed by atoms with van der Waals surface area (Å²) in [5, 5.41) is 9.21. The van der Waals surface area contributed by atoms with Crippen LogP contribution in [0.15, 0.2) is 30.5 Å². The Balaban J connectivity index is 1.83. The van der Waals surface area contributed by atoms with Crippen molar-refractivity contribution in [3.8, 4) is 6.07 Å². The summed E-state index contributed by atoms with van der Waals surface area (Å²) in [6.45, 7) is 4.56. The molecule has 4 heteroatoms. The van der Waals surface area contributed by atoms with Crippen molar-refractivity contribution in [1.82, 2.24) is 9.88 Å². The average Bonchev–Trinajstić information content (AvgIpc) is 2.81. The van der Waals surface area contributed by atoms with Crippen LogP contribution in [-0.2, 0) is 19.6 Å². The molecule has 2 N–H and O–H groups in total. The van der Waals surface area contributed by atoms with Crippen molar-refractivity contribution in [2.45, 2.75) is 26.6 Å². The number of nitrogens with two attached hydrogens (primary N) is 1. The van der Waals surface area contributed by atoms with Crippen LogP contribution in [-0.4, -0.2) is 9.88 Å². The molecule has 20 heavy (non-hydrogen) atoms. The van der Waals surface area contributed by atoms with Gasteiger partial charge in [0.05, 0.1) is 5.56 Å². The molecule has 0 spiro atoms. The first kappa shape index (κ1) is 12.6. The zero-order valence-electron chi connectivity index (χ0n) is 11.4. The van der Waals surface area contributed by atoms with Crippen molar-refractivity contribution in [1.29, 1.82) is 5.26 Å². The van der Waals surface area contributed by atoms with Gasteiger partial charge in [0.25, 0.3) is 0 Å². The molecular formula is C16H16N4. The summed E-state index contributed by atoms with van der Waals surface area (Å²) in [4.78, 5) is 6.41. The van der Waals surface area contributed by atoms with Gasteiger partial charge in [-0.3, -0.25) is 4.90 Å². The van der Waals surface area contributed by atoms with Crippen LogP contribution in [0.4, 0.5) is 5.82 Å². The lowest BCUT2D eigenvalue weighted by atomic mass is 10.1. The van der Waals surface area contributed by atoms with E-state index >= 15 is 0 Å². The van der Waals surface area contributed by atoms with Crippen LogP contribution >= 0.6 is 0 Å². The summed E-state index contributed by atoms with van der Waals surface area (Å²) in [7, 11) is 0. The number of hydrogen-bond acceptors (Lipinski definition) is 4. The summed E-state index contributed by atoms with van der Waals surface area (Å²) < 4.78 is 0. The Labute approximate surface area is 118 Å². The molecule has 0 bridgehead atoms. The van der Waals surface area contributed by atoms with Gasteiger partial charge >= 0.3 is 0 Å². The first-order chi connectivity index (χ1) is 9.67. The number of nitrogen functional groups attached to an aromatic ring is 1. The highest BCUT2D eigenvalue weighted by atomic mass is 15.1. The number of nitriles is 1. The van der Waals surface area contributed by atoms with Crippen molar-refractivity contribution in [2.24, 2.45) is 0 Å². The van der Waals surface area contributed by atoms with Gasteiger partial charge in [0.15, 0.2) is 0 Å². The van der Waals surface area contributed by atoms with Gasteiger partial charge in [0.2, 0.25) is 0 Å². The van der Waals surface area contributed by atoms with E-state index in [-0.39, 0.29) is 0 Å². The van der Waals surface area contributed by atoms with Crippen molar-refractivity contribution < 1.29 is 0 Å². The summed E-state index contributed by atoms with van der Waals surface area (Å²) in [6.07, 6.45) is 1.79. The van der Waals surface area contributed by atoms with Gasteiger partial charge in [0, 0.05) is 25.8 Å². The van der Waals surface area contributed by atoms with Gasteiger partial charge in [0.1, 0.15) is 11.9 Å². The zero-order chi connectivity index (χ0) is 14.1. The van der Waals surface area contributed by atoms with Crippen LogP contribution in [0.1, 0.15) is 27.8 Å². The number of benzene rings is 1. The van der Waals surface area contributed by atoms with Crippen LogP contribution in [0.3, 0.4) is 0 Å². The molecule has 1 aliphatic rings. The van der Waals surface area contributed by atoms with Gasteiger partial charge < -0.3 is 5.73 Å². The summed E-state index contributed by atoms with van der Waals surface area (Å²) in [5.41, 5.74) is 11.0. The molecule has 0 unspecified atom stereocenters. The molecule has 3 rings (SSSR count). The zero-order valence-corrected chi connectivity index (χ0v) is 11.4. The Hall–Kier alpha value is -2.38. The molecule has 0 amide bonds. The highest BCUT2D eigenvalue weighted by Crippen LogP contribution is 2.28. The maximum atomic E-state index is 9.21. The molecule has 1 aromatic heterocycles. The van der Waals surface area contributed by atoms with Crippen molar-refractivity contribution >= 4 is 5.82 Å². The Bertz CT molecular complexity index is 700. The number of rotatable bonds is 2. The molecule has 0 saturated carbocycles. The van der Waals surface area contributed by atoms with Crippen LogP contribution in [0.25, 0.3) is 0 Å². The first-order valence-corrected chi connectivity index (χ1v) is 6.61. The minimum Gasteiger partial charge on any atom is -0.383 e. The van der Waals surface area contributed by atoms with E-state index in [4.69, 9.17) is 5.73 Å². The van der Waals surface area contributed by atoms with Crippen LogP contribution in [0, 0.1) is 18.3 Å². The molecule has 4 nitrogen and oxygen atoms in total. The molecule has 100 valence electrons. The van der Waals surface area contributed by atoms with E-state index in [9.17, 15) is 5.26 Å². The van der Waals surface area contributed by atoms with Crippen LogP contribution < -0.4 is 5.73 Å². The number of aryl methyl sites for hydroxylation is 1. The molecule has 0 aliphatic carbocycles. The van der Waals surface area contributed by atoms with Crippen molar-refractivity contribution in [3.63, 3.8) is 0 Å². The maximum Gasteiger partial charge on any atom is 0.141 e. The first-order valence-electron chi connectivity index (χ1n) is 6.61. The normalized spacial score (nSPS) is 14.0. The van der Waals surface area contributed by atoms with E-state index in [1.165, 1.54) is 11.1 Å². The summed E-state index contributed by atoms with van der Waals surface area (Å²) >= 11 is 0. The second kappa shape index (κ2) is 4.95. The standard InChI is InChI=1S/C16H16N4/c1-11-3-2-4-12(5-11)8-20-9-13-7-19-16(18)14(6-17)15(13)10-20/h2-5,7H,8-10H2,1H3,(H2,18,19). The lowest BCUT2D eigenvalue weighted by Crippen LogP contribution is -2.15. The van der Waals surface area contributed by atoms with Gasteiger partial charge in [-0.25, -0.2) is 4.98 Å². The van der Waals surface area contributed by atoms with E-state index < -0.39 is 0 Å². The van der Waals surface area contributed by atoms with Crippen LogP contribution in [0.2, 0.25) is 0 Å². The SMILES string of the molecule is Cc1cccc(CN2Cc3cnc(N)c(C#N)c3C2)c1. The third kappa shape index (κ3) is 2.24. The molecule has 0 saturated heterocycles. The topological polar surface area (TPSA) is 65.9 Å². The number of anilines is 1. The maximum absolute atomic E-state index is 9.21. The van der Waals surface area contributed by atoms with Crippen molar-refractivity contribution in [2.75, 3.05) is 5.73 Å². The largest absolute Gasteiger partial charge is 0.383 e. The molecule has 1 aliphatic heterocycles. The Morgan fingerprint density at radius 2 is 2.25 bits per heavy atom. The van der Waals surface area contributed by atoms with E-state index in [2.05, 4.69) is 47.1 Å². The smallest absolute Gasteiger partial charge is 0.141 e. The van der Waals surface area contributed by atoms with Gasteiger partial charge in [-0.05, 0) is 23.6 Å². The second-order valence-corrected chi connectivity index (χ2v) is 5.27. The van der Waals surface area contributed by atoms with Gasteiger partial charge in [-0.1, -0.05) is 29.8 Å². The molecule has 0 radical (unpaired) electrons. The number of hydrogen-bond donors (Lipinski definition) is 1. The monoisotopic (exact) mass is 264 g/mol. The number of pyridine rings is 1. The highest BCUT2D eigenvalue weighted by molar-refractivity contribution is 5.56. The Morgan fingerprint density at radius 1 is 1.40 bits per heavy atom. The van der Waals surface area contributed by atoms with Gasteiger partial charge in [-0.2, -0.15) is 5.26 Å². The minimum absolute atomic E-state index is 0.337. The number of aromatic nitrogens is 1. The van der Waals surface area contributed by atoms with Gasteiger partial charge in [-0.15, -0.1) is 0 Å². The summed E-state index contributed by atoms with van der Waals surface area (Å²) in [5.74, 6) is 0.337. The van der Waals surface area contributed by atoms with Crippen molar-refractivity contribution in [3.05, 3.63) is 58.3 Å². The third-order valence-corrected chi connectivity index (χ3v) is 3.68. The fourth-order valence-corrected chi connectivity index (χ4v) is 2.75. The quantitative estimate of drug-likeness (QED) is 0.904. The molecule has 2 heterocycles. The van der Waals surface area contributed by atoms with E-state index in [0.717, 1.165) is 30.8 Å². The molecular weight excluding hydrogens is 248 g/mol. The lowest BCUT2D eigenvalue weighted by Gasteiger charge is -2.15. The Kier molecular flexibility index (Phi) is 3.13. The fraction of sp³-hybridized carbons (Fsp3) is 0.250. The van der Waals surface area contributed by atoms with E-state index in [0.29, 0.717) is 11.4 Å². The lowest BCUT2D eigenvalue weighted by molar-refractivity contribution is 0.275. The molecule has 2 aromatic rings. The third-order valence-electron chi connectivity index (χ3n) is 3.68. The molecule has 0 fully saturated rings. The second-order valence-electron chi connectivity index (χ2n) is 5.27.